The second kappa shape index (κ2) is 3.02. The van der Waals surface area contributed by atoms with E-state index in [-0.39, 0.29) is 17.6 Å². The van der Waals surface area contributed by atoms with Gasteiger partial charge in [0.2, 0.25) is 0 Å². The van der Waals surface area contributed by atoms with E-state index >= 15 is 0 Å². The van der Waals surface area contributed by atoms with Crippen LogP contribution in [0.1, 0.15) is 27.7 Å². The summed E-state index contributed by atoms with van der Waals surface area (Å²) in [6.07, 6.45) is -0.512. The van der Waals surface area contributed by atoms with E-state index in [1.165, 1.54) is 0 Å². The molecule has 68 valence electrons. The van der Waals surface area contributed by atoms with Gasteiger partial charge in [0, 0.05) is 5.57 Å². The van der Waals surface area contributed by atoms with Crippen LogP contribution in [-0.2, 0) is 4.79 Å². The van der Waals surface area contributed by atoms with E-state index in [1.807, 2.05) is 27.7 Å². The fourth-order valence-corrected chi connectivity index (χ4v) is 1.76. The van der Waals surface area contributed by atoms with Crippen LogP contribution in [-0.4, -0.2) is 17.0 Å². The van der Waals surface area contributed by atoms with Gasteiger partial charge in [0.25, 0.3) is 0 Å². The van der Waals surface area contributed by atoms with Crippen molar-refractivity contribution >= 4 is 5.78 Å². The lowest BCUT2D eigenvalue weighted by Gasteiger charge is -2.37. The van der Waals surface area contributed by atoms with Crippen LogP contribution in [0.15, 0.2) is 11.1 Å². The highest BCUT2D eigenvalue weighted by molar-refractivity contribution is 6.06. The Balaban J connectivity index is 2.83. The van der Waals surface area contributed by atoms with Crippen LogP contribution in [0.2, 0.25) is 0 Å². The third-order valence-electron chi connectivity index (χ3n) is 2.46. The van der Waals surface area contributed by atoms with Gasteiger partial charge in [-0.05, 0) is 19.8 Å². The summed E-state index contributed by atoms with van der Waals surface area (Å²) in [5, 5.41) is 9.60. The highest BCUT2D eigenvalue weighted by atomic mass is 16.3. The highest BCUT2D eigenvalue weighted by Gasteiger charge is 2.45. The number of aliphatic hydroxyl groups is 1. The van der Waals surface area contributed by atoms with Gasteiger partial charge in [-0.2, -0.15) is 0 Å². The molecule has 0 aromatic rings. The van der Waals surface area contributed by atoms with Crippen molar-refractivity contribution in [3.63, 3.8) is 0 Å². The molecule has 0 spiro atoms. The Morgan fingerprint density at radius 3 is 2.17 bits per heavy atom. The molecule has 2 nitrogen and oxygen atoms in total. The summed E-state index contributed by atoms with van der Waals surface area (Å²) in [6, 6.07) is 0. The van der Waals surface area contributed by atoms with Crippen molar-refractivity contribution in [1.82, 2.24) is 0 Å². The molecule has 2 atom stereocenters. The number of rotatable bonds is 1. The van der Waals surface area contributed by atoms with Gasteiger partial charge in [0.15, 0.2) is 5.78 Å². The van der Waals surface area contributed by atoms with Crippen LogP contribution in [0.4, 0.5) is 0 Å². The van der Waals surface area contributed by atoms with Gasteiger partial charge in [-0.1, -0.05) is 19.4 Å². The molecule has 1 saturated carbocycles. The normalized spacial score (nSPS) is 29.2. The number of allylic oxidation sites excluding steroid dienone is 1. The van der Waals surface area contributed by atoms with Gasteiger partial charge in [-0.15, -0.1) is 0 Å². The van der Waals surface area contributed by atoms with E-state index in [4.69, 9.17) is 0 Å². The maximum Gasteiger partial charge on any atom is 0.167 e. The van der Waals surface area contributed by atoms with Gasteiger partial charge >= 0.3 is 0 Å². The zero-order valence-electron chi connectivity index (χ0n) is 8.09. The SMILES string of the molecule is CC(C)=C1C(=O)C(C(C)C)C1O. The summed E-state index contributed by atoms with van der Waals surface area (Å²) in [5.41, 5.74) is 1.58. The second-order valence-corrected chi connectivity index (χ2v) is 3.99. The van der Waals surface area contributed by atoms with Gasteiger partial charge in [0.1, 0.15) is 0 Å². The lowest BCUT2D eigenvalue weighted by atomic mass is 9.68. The first kappa shape index (κ1) is 9.46. The first-order chi connectivity index (χ1) is 5.46. The second-order valence-electron chi connectivity index (χ2n) is 3.99. The molecule has 1 rings (SSSR count). The van der Waals surface area contributed by atoms with Gasteiger partial charge in [0.05, 0.1) is 12.0 Å². The first-order valence-electron chi connectivity index (χ1n) is 4.36. The molecular weight excluding hydrogens is 152 g/mol. The highest BCUT2D eigenvalue weighted by Crippen LogP contribution is 2.36. The number of ketones is 1. The topological polar surface area (TPSA) is 37.3 Å². The molecule has 0 heterocycles. The van der Waals surface area contributed by atoms with Gasteiger partial charge < -0.3 is 5.11 Å². The molecule has 2 unspecified atom stereocenters. The molecular formula is C10H16O2. The molecule has 1 aliphatic carbocycles. The zero-order chi connectivity index (χ0) is 9.46. The van der Waals surface area contributed by atoms with Gasteiger partial charge in [-0.25, -0.2) is 0 Å². The molecule has 0 saturated heterocycles. The fourth-order valence-electron chi connectivity index (χ4n) is 1.76. The van der Waals surface area contributed by atoms with Crippen molar-refractivity contribution in [2.24, 2.45) is 11.8 Å². The Bertz CT molecular complexity index is 234. The van der Waals surface area contributed by atoms with Crippen molar-refractivity contribution in [2.75, 3.05) is 0 Å². The molecule has 0 amide bonds. The predicted octanol–water partition coefficient (Wildman–Crippen LogP) is 1.54. The zero-order valence-corrected chi connectivity index (χ0v) is 8.09. The van der Waals surface area contributed by atoms with Crippen molar-refractivity contribution in [2.45, 2.75) is 33.8 Å². The van der Waals surface area contributed by atoms with Crippen LogP contribution in [0.3, 0.4) is 0 Å². The minimum atomic E-state index is -0.512. The lowest BCUT2D eigenvalue weighted by Crippen LogP contribution is -2.48. The van der Waals surface area contributed by atoms with Crippen LogP contribution >= 0.6 is 0 Å². The van der Waals surface area contributed by atoms with E-state index in [9.17, 15) is 9.90 Å². The monoisotopic (exact) mass is 168 g/mol. The number of carbonyl (C=O) groups is 1. The number of Topliss-reactive ketones (excluding diaryl/α,β-unsaturated/α-hetero) is 1. The van der Waals surface area contributed by atoms with Gasteiger partial charge in [-0.3, -0.25) is 4.79 Å². The van der Waals surface area contributed by atoms with Crippen LogP contribution in [0.25, 0.3) is 0 Å². The molecule has 1 fully saturated rings. The molecule has 1 aliphatic rings. The lowest BCUT2D eigenvalue weighted by molar-refractivity contribution is -0.132. The van der Waals surface area contributed by atoms with Crippen molar-refractivity contribution in [1.29, 1.82) is 0 Å². The average Bonchev–Trinajstić information content (AvgIpc) is 1.84. The third kappa shape index (κ3) is 1.20. The Kier molecular flexibility index (Phi) is 2.38. The third-order valence-corrected chi connectivity index (χ3v) is 2.46. The van der Waals surface area contributed by atoms with Crippen LogP contribution < -0.4 is 0 Å². The largest absolute Gasteiger partial charge is 0.388 e. The van der Waals surface area contributed by atoms with Crippen LogP contribution in [0, 0.1) is 11.8 Å². The molecule has 0 aliphatic heterocycles. The van der Waals surface area contributed by atoms with E-state index < -0.39 is 6.10 Å². The number of hydrogen-bond donors (Lipinski definition) is 1. The van der Waals surface area contributed by atoms with Crippen molar-refractivity contribution in [3.8, 4) is 0 Å². The minimum absolute atomic E-state index is 0.137. The fraction of sp³-hybridized carbons (Fsp3) is 0.700. The Morgan fingerprint density at radius 1 is 1.42 bits per heavy atom. The molecule has 2 heteroatoms. The minimum Gasteiger partial charge on any atom is -0.388 e. The Morgan fingerprint density at radius 2 is 1.92 bits per heavy atom. The summed E-state index contributed by atoms with van der Waals surface area (Å²) in [4.78, 5) is 11.4. The standard InChI is InChI=1S/C10H16O2/c1-5(2)7-9(11)8(6(3)4)10(7)12/h5,7,9,11H,1-4H3. The molecule has 12 heavy (non-hydrogen) atoms. The molecule has 0 bridgehead atoms. The summed E-state index contributed by atoms with van der Waals surface area (Å²) in [5.74, 6) is 0.225. The Labute approximate surface area is 73.3 Å². The summed E-state index contributed by atoms with van der Waals surface area (Å²) in [6.45, 7) is 7.67. The average molecular weight is 168 g/mol. The molecule has 0 aromatic carbocycles. The van der Waals surface area contributed by atoms with Crippen LogP contribution in [0.5, 0.6) is 0 Å². The first-order valence-corrected chi connectivity index (χ1v) is 4.36. The summed E-state index contributed by atoms with van der Waals surface area (Å²) < 4.78 is 0. The van der Waals surface area contributed by atoms with Crippen molar-refractivity contribution < 1.29 is 9.90 Å². The van der Waals surface area contributed by atoms with E-state index in [0.29, 0.717) is 5.57 Å². The quantitative estimate of drug-likeness (QED) is 0.603. The van der Waals surface area contributed by atoms with Crippen molar-refractivity contribution in [3.05, 3.63) is 11.1 Å². The molecule has 1 N–H and O–H groups in total. The summed E-state index contributed by atoms with van der Waals surface area (Å²) in [7, 11) is 0. The van der Waals surface area contributed by atoms with E-state index in [0.717, 1.165) is 5.57 Å². The summed E-state index contributed by atoms with van der Waals surface area (Å²) >= 11 is 0. The molecule has 0 radical (unpaired) electrons. The number of hydrogen-bond acceptors (Lipinski definition) is 2. The molecule has 0 aromatic heterocycles. The number of aliphatic hydroxyl groups excluding tert-OH is 1. The predicted molar refractivity (Wildman–Crippen MR) is 47.7 cm³/mol. The van der Waals surface area contributed by atoms with E-state index in [1.54, 1.807) is 0 Å². The Hall–Kier alpha value is -0.630. The smallest absolute Gasteiger partial charge is 0.167 e. The maximum atomic E-state index is 11.4. The maximum absolute atomic E-state index is 11.4. The van der Waals surface area contributed by atoms with E-state index in [2.05, 4.69) is 0 Å². The number of carbonyl (C=O) groups excluding carboxylic acids is 1.